The Morgan fingerprint density at radius 2 is 1.89 bits per heavy atom. The van der Waals surface area contributed by atoms with Gasteiger partial charge in [0.25, 0.3) is 5.91 Å². The van der Waals surface area contributed by atoms with Crippen LogP contribution in [-0.4, -0.2) is 29.5 Å². The largest absolute Gasteiger partial charge is 0.493 e. The summed E-state index contributed by atoms with van der Waals surface area (Å²) in [5, 5.41) is 0.445. The lowest BCUT2D eigenvalue weighted by Gasteiger charge is -2.26. The van der Waals surface area contributed by atoms with Gasteiger partial charge in [0.15, 0.2) is 16.9 Å². The molecule has 0 bridgehead atoms. The molecule has 1 unspecified atom stereocenters. The van der Waals surface area contributed by atoms with Crippen molar-refractivity contribution in [3.63, 3.8) is 0 Å². The number of carbonyl (C=O) groups excluding carboxylic acids is 1. The molecule has 0 radical (unpaired) electrons. The van der Waals surface area contributed by atoms with Crippen molar-refractivity contribution in [2.45, 2.75) is 38.8 Å². The van der Waals surface area contributed by atoms with E-state index >= 15 is 0 Å². The number of nitrogens with zero attached hydrogens (tertiary/aromatic N) is 2. The van der Waals surface area contributed by atoms with Gasteiger partial charge in [-0.1, -0.05) is 44.0 Å². The van der Waals surface area contributed by atoms with E-state index in [9.17, 15) is 9.59 Å². The fraction of sp³-hybridized carbons (Fsp3) is 0.276. The van der Waals surface area contributed by atoms with Crippen LogP contribution in [0.4, 0.5) is 0 Å². The lowest BCUT2D eigenvalue weighted by molar-refractivity contribution is 0.0714. The molecule has 0 fully saturated rings. The Balaban J connectivity index is 1.61. The summed E-state index contributed by atoms with van der Waals surface area (Å²) in [6.07, 6.45) is 6.56. The topological polar surface area (TPSA) is 81.9 Å². The zero-order valence-corrected chi connectivity index (χ0v) is 20.4. The predicted octanol–water partition coefficient (Wildman–Crippen LogP) is 5.51. The minimum absolute atomic E-state index is 0.0754. The standard InChI is InChI=1S/C29H28N2O5/c1-3-4-7-15-35-23-13-12-20(16-24(23)34-2)26-25-27(32)21-10-5-6-11-22(21)36-28(25)29(33)31(26)18-19-9-8-14-30-17-19/h5-6,8-14,16-17,26H,3-4,7,15,18H2,1-2H3. The van der Waals surface area contributed by atoms with Crippen LogP contribution in [0.5, 0.6) is 11.5 Å². The third kappa shape index (κ3) is 4.33. The van der Waals surface area contributed by atoms with Crippen LogP contribution in [0.1, 0.15) is 59.5 Å². The summed E-state index contributed by atoms with van der Waals surface area (Å²) in [5.41, 5.74) is 2.11. The number of para-hydroxylation sites is 1. The number of unbranched alkanes of at least 4 members (excludes halogenated alkanes) is 2. The van der Waals surface area contributed by atoms with E-state index in [0.29, 0.717) is 34.6 Å². The van der Waals surface area contributed by atoms with E-state index < -0.39 is 6.04 Å². The Kier molecular flexibility index (Phi) is 6.71. The van der Waals surface area contributed by atoms with Gasteiger partial charge in [0.2, 0.25) is 5.76 Å². The Morgan fingerprint density at radius 3 is 2.67 bits per heavy atom. The lowest BCUT2D eigenvalue weighted by atomic mass is 9.98. The zero-order valence-electron chi connectivity index (χ0n) is 20.4. The molecule has 0 spiro atoms. The molecule has 2 aromatic heterocycles. The summed E-state index contributed by atoms with van der Waals surface area (Å²) < 4.78 is 17.6. The molecule has 7 nitrogen and oxygen atoms in total. The average Bonchev–Trinajstić information content (AvgIpc) is 3.18. The molecule has 0 saturated carbocycles. The Hall–Kier alpha value is -4.13. The van der Waals surface area contributed by atoms with Gasteiger partial charge in [-0.05, 0) is 47.9 Å². The molecule has 3 heterocycles. The van der Waals surface area contributed by atoms with Crippen molar-refractivity contribution < 1.29 is 18.7 Å². The van der Waals surface area contributed by atoms with Gasteiger partial charge in [-0.3, -0.25) is 14.6 Å². The SMILES string of the molecule is CCCCCOc1ccc(C2c3c(oc4ccccc4c3=O)C(=O)N2Cc2cccnc2)cc1OC. The fourth-order valence-electron chi connectivity index (χ4n) is 4.67. The molecule has 1 atom stereocenters. The maximum atomic E-state index is 13.7. The maximum Gasteiger partial charge on any atom is 0.291 e. The number of hydrogen-bond acceptors (Lipinski definition) is 6. The van der Waals surface area contributed by atoms with Gasteiger partial charge >= 0.3 is 0 Å². The van der Waals surface area contributed by atoms with Crippen molar-refractivity contribution in [2.24, 2.45) is 0 Å². The third-order valence-electron chi connectivity index (χ3n) is 6.46. The maximum absolute atomic E-state index is 13.7. The highest BCUT2D eigenvalue weighted by Gasteiger charge is 2.43. The second kappa shape index (κ2) is 10.2. The normalized spacial score (nSPS) is 14.8. The number of hydrogen-bond donors (Lipinski definition) is 0. The minimum Gasteiger partial charge on any atom is -0.493 e. The highest BCUT2D eigenvalue weighted by Crippen LogP contribution is 2.41. The molecular weight excluding hydrogens is 456 g/mol. The van der Waals surface area contributed by atoms with E-state index in [1.807, 2.05) is 30.3 Å². The van der Waals surface area contributed by atoms with E-state index in [1.54, 1.807) is 48.7 Å². The second-order valence-electron chi connectivity index (χ2n) is 8.83. The summed E-state index contributed by atoms with van der Waals surface area (Å²) in [6, 6.07) is 15.7. The molecule has 4 aromatic rings. The van der Waals surface area contributed by atoms with Gasteiger partial charge in [-0.2, -0.15) is 0 Å². The summed E-state index contributed by atoms with van der Waals surface area (Å²) in [5.74, 6) is 0.926. The summed E-state index contributed by atoms with van der Waals surface area (Å²) in [4.78, 5) is 33.1. The number of ether oxygens (including phenoxy) is 2. The molecule has 0 aliphatic carbocycles. The van der Waals surface area contributed by atoms with Crippen LogP contribution >= 0.6 is 0 Å². The third-order valence-corrected chi connectivity index (χ3v) is 6.46. The highest BCUT2D eigenvalue weighted by atomic mass is 16.5. The minimum atomic E-state index is -0.642. The van der Waals surface area contributed by atoms with Gasteiger partial charge in [-0.15, -0.1) is 0 Å². The molecule has 7 heteroatoms. The summed E-state index contributed by atoms with van der Waals surface area (Å²) in [6.45, 7) is 3.01. The molecule has 0 N–H and O–H groups in total. The van der Waals surface area contributed by atoms with Crippen LogP contribution in [0.2, 0.25) is 0 Å². The first-order valence-electron chi connectivity index (χ1n) is 12.2. The van der Waals surface area contributed by atoms with Crippen LogP contribution in [-0.2, 0) is 6.54 Å². The first-order chi connectivity index (χ1) is 17.6. The van der Waals surface area contributed by atoms with Gasteiger partial charge in [-0.25, -0.2) is 0 Å². The van der Waals surface area contributed by atoms with Gasteiger partial charge < -0.3 is 18.8 Å². The molecule has 36 heavy (non-hydrogen) atoms. The van der Waals surface area contributed by atoms with Crippen molar-refractivity contribution in [1.29, 1.82) is 0 Å². The molecule has 1 aliphatic rings. The van der Waals surface area contributed by atoms with Crippen molar-refractivity contribution in [2.75, 3.05) is 13.7 Å². The number of aromatic nitrogens is 1. The van der Waals surface area contributed by atoms with E-state index in [0.717, 1.165) is 30.4 Å². The van der Waals surface area contributed by atoms with E-state index in [2.05, 4.69) is 11.9 Å². The molecule has 0 saturated heterocycles. The number of rotatable bonds is 9. The first kappa shape index (κ1) is 23.6. The van der Waals surface area contributed by atoms with Crippen LogP contribution in [0, 0.1) is 0 Å². The summed E-state index contributed by atoms with van der Waals surface area (Å²) in [7, 11) is 1.58. The van der Waals surface area contributed by atoms with E-state index in [-0.39, 0.29) is 23.6 Å². The van der Waals surface area contributed by atoms with Gasteiger partial charge in [0, 0.05) is 18.9 Å². The number of carbonyl (C=O) groups is 1. The monoisotopic (exact) mass is 484 g/mol. The van der Waals surface area contributed by atoms with Crippen molar-refractivity contribution >= 4 is 16.9 Å². The van der Waals surface area contributed by atoms with Crippen molar-refractivity contribution in [1.82, 2.24) is 9.88 Å². The first-order valence-corrected chi connectivity index (χ1v) is 12.2. The number of amides is 1. The smallest absolute Gasteiger partial charge is 0.291 e. The number of benzene rings is 2. The van der Waals surface area contributed by atoms with Crippen LogP contribution in [0.3, 0.4) is 0 Å². The predicted molar refractivity (Wildman–Crippen MR) is 136 cm³/mol. The average molecular weight is 485 g/mol. The quantitative estimate of drug-likeness (QED) is 0.291. The van der Waals surface area contributed by atoms with Crippen molar-refractivity contribution in [3.05, 3.63) is 99.7 Å². The van der Waals surface area contributed by atoms with Crippen LogP contribution in [0.15, 0.2) is 76.2 Å². The molecule has 184 valence electrons. The Labute approximate surface area is 209 Å². The zero-order chi connectivity index (χ0) is 25.1. The number of fused-ring (bicyclic) bond motifs is 2. The van der Waals surface area contributed by atoms with Crippen molar-refractivity contribution in [3.8, 4) is 11.5 Å². The Bertz CT molecular complexity index is 1450. The molecule has 5 rings (SSSR count). The number of methoxy groups -OCH3 is 1. The van der Waals surface area contributed by atoms with E-state index in [1.165, 1.54) is 0 Å². The fourth-order valence-corrected chi connectivity index (χ4v) is 4.67. The molecule has 1 aliphatic heterocycles. The van der Waals surface area contributed by atoms with Gasteiger partial charge in [0.05, 0.1) is 30.7 Å². The highest BCUT2D eigenvalue weighted by molar-refractivity contribution is 5.99. The Morgan fingerprint density at radius 1 is 1.03 bits per heavy atom. The van der Waals surface area contributed by atoms with Crippen LogP contribution < -0.4 is 14.9 Å². The molecule has 1 amide bonds. The van der Waals surface area contributed by atoms with E-state index in [4.69, 9.17) is 13.9 Å². The summed E-state index contributed by atoms with van der Waals surface area (Å²) >= 11 is 0. The molecule has 2 aromatic carbocycles. The lowest BCUT2D eigenvalue weighted by Crippen LogP contribution is -2.29. The van der Waals surface area contributed by atoms with Gasteiger partial charge in [0.1, 0.15) is 5.58 Å². The van der Waals surface area contributed by atoms with Crippen LogP contribution in [0.25, 0.3) is 11.0 Å². The second-order valence-corrected chi connectivity index (χ2v) is 8.83. The number of pyridine rings is 1. The molecular formula is C29H28N2O5.